The molecule has 0 saturated heterocycles. The van der Waals surface area contributed by atoms with Gasteiger partial charge in [-0.25, -0.2) is 4.98 Å². The molecule has 0 atom stereocenters. The van der Waals surface area contributed by atoms with Crippen LogP contribution in [0.5, 0.6) is 0 Å². The second-order valence-electron chi connectivity index (χ2n) is 6.03. The summed E-state index contributed by atoms with van der Waals surface area (Å²) in [5, 5.41) is 0.678. The Morgan fingerprint density at radius 1 is 1.13 bits per heavy atom. The van der Waals surface area contributed by atoms with Crippen LogP contribution in [-0.4, -0.2) is 14.5 Å². The molecule has 0 aliphatic rings. The largest absolute Gasteiger partial charge is 0.343 e. The quantitative estimate of drug-likeness (QED) is 0.691. The lowest BCUT2D eigenvalue weighted by atomic mass is 10.1. The van der Waals surface area contributed by atoms with Gasteiger partial charge in [-0.05, 0) is 19.4 Å². The summed E-state index contributed by atoms with van der Waals surface area (Å²) in [7, 11) is 0. The Labute approximate surface area is 136 Å². The summed E-state index contributed by atoms with van der Waals surface area (Å²) < 4.78 is 1.83. The second-order valence-corrected chi connectivity index (χ2v) is 6.03. The van der Waals surface area contributed by atoms with E-state index in [4.69, 9.17) is 4.98 Å². The summed E-state index contributed by atoms with van der Waals surface area (Å²) in [5.74, 6) is 0.751. The molecule has 0 saturated carbocycles. The van der Waals surface area contributed by atoms with Crippen LogP contribution in [-0.2, 0) is 6.54 Å². The number of rotatable bonds is 6. The van der Waals surface area contributed by atoms with Crippen molar-refractivity contribution in [1.29, 1.82) is 0 Å². The second kappa shape index (κ2) is 6.82. The van der Waals surface area contributed by atoms with Crippen molar-refractivity contribution in [1.82, 2.24) is 14.5 Å². The first-order valence-electron chi connectivity index (χ1n) is 8.36. The molecule has 3 aromatic rings. The first-order chi connectivity index (χ1) is 11.2. The summed E-state index contributed by atoms with van der Waals surface area (Å²) in [6.07, 6.45) is 4.54. The van der Waals surface area contributed by atoms with Crippen LogP contribution in [0.2, 0.25) is 0 Å². The fraction of sp³-hybridized carbons (Fsp3) is 0.368. The number of nitrogens with one attached hydrogen (secondary N) is 1. The van der Waals surface area contributed by atoms with E-state index in [2.05, 4.69) is 11.9 Å². The van der Waals surface area contributed by atoms with Crippen LogP contribution < -0.4 is 5.56 Å². The van der Waals surface area contributed by atoms with Crippen molar-refractivity contribution in [2.24, 2.45) is 0 Å². The summed E-state index contributed by atoms with van der Waals surface area (Å²) in [4.78, 5) is 20.8. The molecule has 120 valence electrons. The number of hydrogen-bond donors (Lipinski definition) is 1. The molecule has 2 heterocycles. The van der Waals surface area contributed by atoms with Crippen LogP contribution in [0, 0.1) is 6.92 Å². The highest BCUT2D eigenvalue weighted by atomic mass is 16.1. The Bertz CT molecular complexity index is 846. The van der Waals surface area contributed by atoms with E-state index in [1.165, 1.54) is 12.8 Å². The van der Waals surface area contributed by atoms with E-state index in [1.807, 2.05) is 47.9 Å². The SMILES string of the molecule is CCCCCCn1c(-c2ccccc2)nc2[nH]c(C)cc2c1=O. The molecule has 0 fully saturated rings. The Kier molecular flexibility index (Phi) is 4.60. The summed E-state index contributed by atoms with van der Waals surface area (Å²) >= 11 is 0. The average molecular weight is 309 g/mol. The van der Waals surface area contributed by atoms with Crippen LogP contribution in [0.3, 0.4) is 0 Å². The normalized spacial score (nSPS) is 11.2. The highest BCUT2D eigenvalue weighted by Crippen LogP contribution is 2.19. The minimum absolute atomic E-state index is 0.0506. The third-order valence-corrected chi connectivity index (χ3v) is 4.15. The third kappa shape index (κ3) is 3.21. The van der Waals surface area contributed by atoms with Crippen molar-refractivity contribution in [3.8, 4) is 11.4 Å². The summed E-state index contributed by atoms with van der Waals surface area (Å²) in [5.41, 5.74) is 2.67. The third-order valence-electron chi connectivity index (χ3n) is 4.15. The van der Waals surface area contributed by atoms with E-state index in [0.29, 0.717) is 11.0 Å². The number of aromatic amines is 1. The van der Waals surface area contributed by atoms with E-state index in [0.717, 1.165) is 36.5 Å². The van der Waals surface area contributed by atoms with Crippen molar-refractivity contribution in [3.63, 3.8) is 0 Å². The molecule has 0 radical (unpaired) electrons. The molecule has 0 unspecified atom stereocenters. The summed E-state index contributed by atoms with van der Waals surface area (Å²) in [6.45, 7) is 4.86. The van der Waals surface area contributed by atoms with Gasteiger partial charge in [-0.15, -0.1) is 0 Å². The van der Waals surface area contributed by atoms with Gasteiger partial charge in [-0.1, -0.05) is 56.5 Å². The smallest absolute Gasteiger partial charge is 0.263 e. The van der Waals surface area contributed by atoms with Crippen LogP contribution >= 0.6 is 0 Å². The van der Waals surface area contributed by atoms with Crippen molar-refractivity contribution >= 4 is 11.0 Å². The van der Waals surface area contributed by atoms with Gasteiger partial charge >= 0.3 is 0 Å². The molecule has 4 heteroatoms. The van der Waals surface area contributed by atoms with Gasteiger partial charge in [0.05, 0.1) is 5.39 Å². The molecule has 0 bridgehead atoms. The molecule has 2 aromatic heterocycles. The minimum atomic E-state index is 0.0506. The molecular formula is C19H23N3O. The van der Waals surface area contributed by atoms with Crippen LogP contribution in [0.4, 0.5) is 0 Å². The molecule has 23 heavy (non-hydrogen) atoms. The van der Waals surface area contributed by atoms with Gasteiger partial charge in [-0.3, -0.25) is 9.36 Å². The number of hydrogen-bond acceptors (Lipinski definition) is 2. The number of nitrogens with zero attached hydrogens (tertiary/aromatic N) is 2. The van der Waals surface area contributed by atoms with E-state index in [-0.39, 0.29) is 5.56 Å². The number of unbranched alkanes of at least 4 members (excludes halogenated alkanes) is 3. The van der Waals surface area contributed by atoms with Crippen LogP contribution in [0.15, 0.2) is 41.2 Å². The first kappa shape index (κ1) is 15.5. The number of benzene rings is 1. The molecule has 1 N–H and O–H groups in total. The average Bonchev–Trinajstić information content (AvgIpc) is 2.95. The zero-order valence-corrected chi connectivity index (χ0v) is 13.8. The van der Waals surface area contributed by atoms with Crippen molar-refractivity contribution in [2.75, 3.05) is 0 Å². The summed E-state index contributed by atoms with van der Waals surface area (Å²) in [6, 6.07) is 11.8. The van der Waals surface area contributed by atoms with E-state index in [1.54, 1.807) is 0 Å². The Hall–Kier alpha value is -2.36. The predicted octanol–water partition coefficient (Wildman–Crippen LogP) is 4.28. The molecular weight excluding hydrogens is 286 g/mol. The van der Waals surface area contributed by atoms with Crippen molar-refractivity contribution in [2.45, 2.75) is 46.1 Å². The minimum Gasteiger partial charge on any atom is -0.343 e. The lowest BCUT2D eigenvalue weighted by molar-refractivity contribution is 0.572. The predicted molar refractivity (Wildman–Crippen MR) is 94.7 cm³/mol. The zero-order chi connectivity index (χ0) is 16.2. The Morgan fingerprint density at radius 2 is 1.91 bits per heavy atom. The van der Waals surface area contributed by atoms with Gasteiger partial charge in [-0.2, -0.15) is 0 Å². The molecule has 1 aromatic carbocycles. The monoisotopic (exact) mass is 309 g/mol. The lowest BCUT2D eigenvalue weighted by Crippen LogP contribution is -2.23. The highest BCUT2D eigenvalue weighted by molar-refractivity contribution is 5.77. The molecule has 0 spiro atoms. The molecule has 0 aliphatic carbocycles. The first-order valence-corrected chi connectivity index (χ1v) is 8.36. The van der Waals surface area contributed by atoms with Gasteiger partial charge in [0.2, 0.25) is 0 Å². The van der Waals surface area contributed by atoms with Gasteiger partial charge in [0.25, 0.3) is 5.56 Å². The molecule has 4 nitrogen and oxygen atoms in total. The maximum Gasteiger partial charge on any atom is 0.263 e. The van der Waals surface area contributed by atoms with Crippen LogP contribution in [0.25, 0.3) is 22.4 Å². The van der Waals surface area contributed by atoms with Gasteiger partial charge in [0, 0.05) is 17.8 Å². The number of aromatic nitrogens is 3. The maximum atomic E-state index is 12.9. The van der Waals surface area contributed by atoms with Crippen LogP contribution in [0.1, 0.15) is 38.3 Å². The highest BCUT2D eigenvalue weighted by Gasteiger charge is 2.14. The number of H-pyrrole nitrogens is 1. The maximum absolute atomic E-state index is 12.9. The lowest BCUT2D eigenvalue weighted by Gasteiger charge is -2.12. The standard InChI is InChI=1S/C19H23N3O/c1-3-4-5-9-12-22-18(15-10-7-6-8-11-15)21-17-16(19(22)23)13-14(2)20-17/h6-8,10-11,13,20H,3-5,9,12H2,1-2H3. The fourth-order valence-corrected chi connectivity index (χ4v) is 2.95. The van der Waals surface area contributed by atoms with Crippen molar-refractivity contribution < 1.29 is 0 Å². The number of aryl methyl sites for hydroxylation is 1. The fourth-order valence-electron chi connectivity index (χ4n) is 2.95. The molecule has 0 aliphatic heterocycles. The van der Waals surface area contributed by atoms with Gasteiger partial charge < -0.3 is 4.98 Å². The van der Waals surface area contributed by atoms with Gasteiger partial charge in [0.1, 0.15) is 11.5 Å². The Balaban J connectivity index is 2.09. The number of fused-ring (bicyclic) bond motifs is 1. The molecule has 3 rings (SSSR count). The van der Waals surface area contributed by atoms with E-state index < -0.39 is 0 Å². The Morgan fingerprint density at radius 3 is 2.65 bits per heavy atom. The molecule has 0 amide bonds. The topological polar surface area (TPSA) is 50.7 Å². The van der Waals surface area contributed by atoms with Crippen molar-refractivity contribution in [3.05, 3.63) is 52.4 Å². The zero-order valence-electron chi connectivity index (χ0n) is 13.8. The van der Waals surface area contributed by atoms with E-state index >= 15 is 0 Å². The van der Waals surface area contributed by atoms with E-state index in [9.17, 15) is 4.79 Å². The van der Waals surface area contributed by atoms with Gasteiger partial charge in [0.15, 0.2) is 0 Å².